The Morgan fingerprint density at radius 2 is 1.71 bits per heavy atom. The fourth-order valence-electron chi connectivity index (χ4n) is 3.19. The third kappa shape index (κ3) is 7.52. The Morgan fingerprint density at radius 1 is 1.06 bits per heavy atom. The van der Waals surface area contributed by atoms with Gasteiger partial charge in [0.1, 0.15) is 4.34 Å². The standard InChI is InChI=1S/C19H21Cl2N5O2S.2ClH/c20-15-10-14(16(21)29-15)11-7-12(9-13(8-11)18(28)25-19(22)23)17(27)24-3-6-26-4-1-2-5-26;;/h7-10H,1-6H2,(H,24,27)(H4,22,23,25,28);2*1H. The molecule has 0 atom stereocenters. The van der Waals surface area contributed by atoms with Crippen molar-refractivity contribution in [1.29, 1.82) is 0 Å². The van der Waals surface area contributed by atoms with E-state index in [4.69, 9.17) is 34.7 Å². The Balaban J connectivity index is 0.00000240. The van der Waals surface area contributed by atoms with Crippen molar-refractivity contribution in [3.05, 3.63) is 44.1 Å². The maximum absolute atomic E-state index is 12.7. The molecule has 5 N–H and O–H groups in total. The van der Waals surface area contributed by atoms with Crippen molar-refractivity contribution in [2.45, 2.75) is 12.8 Å². The molecule has 7 nitrogen and oxygen atoms in total. The molecular formula is C19H23Cl4N5O2S. The number of aliphatic imine (C=N–C) groups is 1. The number of rotatable bonds is 6. The highest BCUT2D eigenvalue weighted by Gasteiger charge is 2.17. The molecule has 0 aliphatic carbocycles. The average Bonchev–Trinajstić information content (AvgIpc) is 3.29. The number of nitrogens with two attached hydrogens (primary N) is 2. The second-order valence-corrected chi connectivity index (χ2v) is 8.97. The molecule has 0 radical (unpaired) electrons. The zero-order valence-corrected chi connectivity index (χ0v) is 20.4. The van der Waals surface area contributed by atoms with Gasteiger partial charge in [-0.25, -0.2) is 0 Å². The summed E-state index contributed by atoms with van der Waals surface area (Å²) in [5.41, 5.74) is 12.3. The van der Waals surface area contributed by atoms with E-state index in [0.717, 1.165) is 19.6 Å². The fraction of sp³-hybridized carbons (Fsp3) is 0.316. The van der Waals surface area contributed by atoms with Gasteiger partial charge in [0.15, 0.2) is 5.96 Å². The summed E-state index contributed by atoms with van der Waals surface area (Å²) in [4.78, 5) is 30.9. The van der Waals surface area contributed by atoms with E-state index in [0.29, 0.717) is 31.9 Å². The van der Waals surface area contributed by atoms with Gasteiger partial charge in [0.25, 0.3) is 11.8 Å². The van der Waals surface area contributed by atoms with Crippen LogP contribution in [-0.4, -0.2) is 48.9 Å². The van der Waals surface area contributed by atoms with Crippen LogP contribution >= 0.6 is 59.4 Å². The molecule has 2 amide bonds. The summed E-state index contributed by atoms with van der Waals surface area (Å²) in [7, 11) is 0. The van der Waals surface area contributed by atoms with Crippen LogP contribution in [0.2, 0.25) is 8.67 Å². The Hall–Kier alpha value is -1.55. The molecule has 31 heavy (non-hydrogen) atoms. The molecule has 170 valence electrons. The molecule has 0 saturated carbocycles. The van der Waals surface area contributed by atoms with E-state index in [9.17, 15) is 9.59 Å². The number of thiophene rings is 1. The van der Waals surface area contributed by atoms with Crippen LogP contribution < -0.4 is 16.8 Å². The largest absolute Gasteiger partial charge is 0.370 e. The number of hydrogen-bond acceptors (Lipinski definition) is 4. The third-order valence-electron chi connectivity index (χ3n) is 4.55. The minimum Gasteiger partial charge on any atom is -0.370 e. The average molecular weight is 527 g/mol. The van der Waals surface area contributed by atoms with Crippen molar-refractivity contribution < 1.29 is 9.59 Å². The van der Waals surface area contributed by atoms with Gasteiger partial charge in [0.05, 0.1) is 4.34 Å². The van der Waals surface area contributed by atoms with Gasteiger partial charge in [0, 0.05) is 29.8 Å². The highest BCUT2D eigenvalue weighted by molar-refractivity contribution is 7.20. The van der Waals surface area contributed by atoms with E-state index in [-0.39, 0.29) is 42.2 Å². The first-order chi connectivity index (χ1) is 13.8. The normalized spacial score (nSPS) is 13.1. The van der Waals surface area contributed by atoms with Crippen molar-refractivity contribution in [2.24, 2.45) is 16.5 Å². The Kier molecular flexibility index (Phi) is 11.1. The highest BCUT2D eigenvalue weighted by atomic mass is 35.5. The first kappa shape index (κ1) is 27.5. The summed E-state index contributed by atoms with van der Waals surface area (Å²) in [6, 6.07) is 6.40. The number of likely N-dealkylation sites (tertiary alicyclic amines) is 1. The lowest BCUT2D eigenvalue weighted by Gasteiger charge is -2.15. The van der Waals surface area contributed by atoms with Crippen LogP contribution in [0, 0.1) is 0 Å². The number of hydrogen-bond donors (Lipinski definition) is 3. The van der Waals surface area contributed by atoms with Crippen LogP contribution in [0.5, 0.6) is 0 Å². The number of amides is 2. The predicted octanol–water partition coefficient (Wildman–Crippen LogP) is 3.80. The molecule has 2 heterocycles. The van der Waals surface area contributed by atoms with Gasteiger partial charge in [-0.3, -0.25) is 9.59 Å². The number of nitrogens with one attached hydrogen (secondary N) is 1. The molecular weight excluding hydrogens is 504 g/mol. The van der Waals surface area contributed by atoms with Crippen molar-refractivity contribution >= 4 is 77.1 Å². The smallest absolute Gasteiger partial charge is 0.280 e. The van der Waals surface area contributed by atoms with E-state index in [1.165, 1.54) is 30.2 Å². The maximum Gasteiger partial charge on any atom is 0.280 e. The molecule has 1 aromatic heterocycles. The first-order valence-electron chi connectivity index (χ1n) is 9.08. The van der Waals surface area contributed by atoms with Crippen LogP contribution in [0.4, 0.5) is 0 Å². The minimum absolute atomic E-state index is 0. The molecule has 3 rings (SSSR count). The predicted molar refractivity (Wildman–Crippen MR) is 132 cm³/mol. The lowest BCUT2D eigenvalue weighted by Crippen LogP contribution is -2.33. The minimum atomic E-state index is -0.643. The van der Waals surface area contributed by atoms with Gasteiger partial charge in [-0.15, -0.1) is 36.2 Å². The molecule has 1 saturated heterocycles. The summed E-state index contributed by atoms with van der Waals surface area (Å²) in [6.07, 6.45) is 2.38. The van der Waals surface area contributed by atoms with Crippen LogP contribution in [-0.2, 0) is 0 Å². The fourth-order valence-corrected chi connectivity index (χ4v) is 4.70. The van der Waals surface area contributed by atoms with Crippen LogP contribution in [0.25, 0.3) is 11.1 Å². The molecule has 0 bridgehead atoms. The Bertz CT molecular complexity index is 957. The molecule has 1 aliphatic rings. The zero-order valence-electron chi connectivity index (χ0n) is 16.4. The molecule has 0 spiro atoms. The molecule has 1 aromatic carbocycles. The van der Waals surface area contributed by atoms with Gasteiger partial charge < -0.3 is 21.7 Å². The van der Waals surface area contributed by atoms with Crippen molar-refractivity contribution in [1.82, 2.24) is 10.2 Å². The number of guanidine groups is 1. The number of halogens is 4. The topological polar surface area (TPSA) is 114 Å². The van der Waals surface area contributed by atoms with Gasteiger partial charge in [0.2, 0.25) is 0 Å². The van der Waals surface area contributed by atoms with Gasteiger partial charge >= 0.3 is 0 Å². The SMILES string of the molecule is Cl.Cl.NC(N)=NC(=O)c1cc(C(=O)NCCN2CCCC2)cc(-c2cc(Cl)sc2Cl)c1. The quantitative estimate of drug-likeness (QED) is 0.391. The summed E-state index contributed by atoms with van der Waals surface area (Å²) < 4.78 is 0.962. The summed E-state index contributed by atoms with van der Waals surface area (Å²) in [5.74, 6) is -1.29. The number of carbonyl (C=O) groups excluding carboxylic acids is 2. The number of nitrogens with zero attached hydrogens (tertiary/aromatic N) is 2. The second-order valence-electron chi connectivity index (χ2n) is 6.68. The van der Waals surface area contributed by atoms with Crippen LogP contribution in [0.1, 0.15) is 33.6 Å². The Labute approximate surface area is 207 Å². The third-order valence-corrected chi connectivity index (χ3v) is 6.04. The van der Waals surface area contributed by atoms with E-state index in [1.54, 1.807) is 18.2 Å². The van der Waals surface area contributed by atoms with E-state index in [1.807, 2.05) is 0 Å². The summed E-state index contributed by atoms with van der Waals surface area (Å²) >= 11 is 13.5. The molecule has 2 aromatic rings. The van der Waals surface area contributed by atoms with Gasteiger partial charge in [-0.2, -0.15) is 4.99 Å². The van der Waals surface area contributed by atoms with Crippen molar-refractivity contribution in [3.63, 3.8) is 0 Å². The van der Waals surface area contributed by atoms with Gasteiger partial charge in [-0.1, -0.05) is 23.2 Å². The number of carbonyl (C=O) groups is 2. The summed E-state index contributed by atoms with van der Waals surface area (Å²) in [6.45, 7) is 3.42. The molecule has 0 unspecified atom stereocenters. The summed E-state index contributed by atoms with van der Waals surface area (Å²) in [5, 5.41) is 2.90. The number of benzene rings is 1. The molecule has 12 heteroatoms. The van der Waals surface area contributed by atoms with Crippen molar-refractivity contribution in [3.8, 4) is 11.1 Å². The van der Waals surface area contributed by atoms with Crippen molar-refractivity contribution in [2.75, 3.05) is 26.2 Å². The van der Waals surface area contributed by atoms with E-state index >= 15 is 0 Å². The van der Waals surface area contributed by atoms with E-state index in [2.05, 4.69) is 15.2 Å². The second kappa shape index (κ2) is 12.5. The Morgan fingerprint density at radius 3 is 2.29 bits per heavy atom. The van der Waals surface area contributed by atoms with Gasteiger partial charge in [-0.05, 0) is 55.8 Å². The lowest BCUT2D eigenvalue weighted by molar-refractivity contribution is 0.0949. The highest BCUT2D eigenvalue weighted by Crippen LogP contribution is 2.38. The van der Waals surface area contributed by atoms with E-state index < -0.39 is 5.91 Å². The van der Waals surface area contributed by atoms with Crippen LogP contribution in [0.15, 0.2) is 29.3 Å². The maximum atomic E-state index is 12.7. The molecule has 1 aliphatic heterocycles. The monoisotopic (exact) mass is 525 g/mol. The van der Waals surface area contributed by atoms with Crippen LogP contribution in [0.3, 0.4) is 0 Å². The first-order valence-corrected chi connectivity index (χ1v) is 10.7. The molecule has 1 fully saturated rings. The lowest BCUT2D eigenvalue weighted by atomic mass is 10.0. The zero-order chi connectivity index (χ0) is 21.0.